The lowest BCUT2D eigenvalue weighted by Gasteiger charge is -2.13. The van der Waals surface area contributed by atoms with E-state index in [9.17, 15) is 9.59 Å². The van der Waals surface area contributed by atoms with Crippen molar-refractivity contribution in [3.05, 3.63) is 53.8 Å². The van der Waals surface area contributed by atoms with Gasteiger partial charge in [0, 0.05) is 24.5 Å². The molecule has 2 rings (SSSR count). The third-order valence-corrected chi connectivity index (χ3v) is 3.81. The molecule has 0 atom stereocenters. The SMILES string of the molecule is COC1=CC(C(=O)NCCCN(C)C)=CCC=C1NC(=O)Nc1cnccn1. The number of allylic oxidation sites excluding steroid dienone is 2. The summed E-state index contributed by atoms with van der Waals surface area (Å²) < 4.78 is 5.37. The highest BCUT2D eigenvalue weighted by molar-refractivity contribution is 5.96. The second-order valence-electron chi connectivity index (χ2n) is 6.31. The van der Waals surface area contributed by atoms with Crippen molar-refractivity contribution in [2.45, 2.75) is 12.8 Å². The lowest BCUT2D eigenvalue weighted by Crippen LogP contribution is -2.30. The van der Waals surface area contributed by atoms with Crippen LogP contribution in [0.2, 0.25) is 0 Å². The molecule has 28 heavy (non-hydrogen) atoms. The molecule has 0 bridgehead atoms. The van der Waals surface area contributed by atoms with Crippen LogP contribution in [0, 0.1) is 0 Å². The van der Waals surface area contributed by atoms with Crippen LogP contribution in [0.15, 0.2) is 53.8 Å². The lowest BCUT2D eigenvalue weighted by atomic mass is 10.2. The fraction of sp³-hybridized carbons (Fsp3) is 0.368. The predicted molar refractivity (Wildman–Crippen MR) is 106 cm³/mol. The maximum atomic E-state index is 12.4. The Balaban J connectivity index is 1.95. The van der Waals surface area contributed by atoms with Gasteiger partial charge in [-0.3, -0.25) is 15.1 Å². The van der Waals surface area contributed by atoms with Crippen LogP contribution in [0.4, 0.5) is 10.6 Å². The Morgan fingerprint density at radius 1 is 1.21 bits per heavy atom. The molecule has 0 fully saturated rings. The number of methoxy groups -OCH3 is 1. The van der Waals surface area contributed by atoms with Crippen LogP contribution < -0.4 is 16.0 Å². The van der Waals surface area contributed by atoms with Gasteiger partial charge < -0.3 is 20.3 Å². The first-order valence-electron chi connectivity index (χ1n) is 8.93. The molecular formula is C19H26N6O3. The summed E-state index contributed by atoms with van der Waals surface area (Å²) in [5, 5.41) is 8.19. The summed E-state index contributed by atoms with van der Waals surface area (Å²) >= 11 is 0. The van der Waals surface area contributed by atoms with Crippen molar-refractivity contribution >= 4 is 17.8 Å². The number of hydrogen-bond acceptors (Lipinski definition) is 6. The van der Waals surface area contributed by atoms with Crippen LogP contribution in [0.5, 0.6) is 0 Å². The van der Waals surface area contributed by atoms with Gasteiger partial charge in [0.05, 0.1) is 19.0 Å². The summed E-state index contributed by atoms with van der Waals surface area (Å²) in [6.45, 7) is 1.48. The van der Waals surface area contributed by atoms with Crippen molar-refractivity contribution < 1.29 is 14.3 Å². The predicted octanol–water partition coefficient (Wildman–Crippen LogP) is 1.41. The fourth-order valence-corrected chi connectivity index (χ4v) is 2.45. The number of aromatic nitrogens is 2. The van der Waals surface area contributed by atoms with E-state index in [-0.39, 0.29) is 5.91 Å². The second-order valence-corrected chi connectivity index (χ2v) is 6.31. The number of rotatable bonds is 8. The number of carbonyl (C=O) groups is 2. The van der Waals surface area contributed by atoms with E-state index in [0.29, 0.717) is 35.8 Å². The number of nitrogens with one attached hydrogen (secondary N) is 3. The van der Waals surface area contributed by atoms with E-state index in [1.54, 1.807) is 18.2 Å². The highest BCUT2D eigenvalue weighted by Gasteiger charge is 2.16. The fourth-order valence-electron chi connectivity index (χ4n) is 2.45. The summed E-state index contributed by atoms with van der Waals surface area (Å²) in [5.74, 6) is 0.543. The number of ether oxygens (including phenoxy) is 1. The van der Waals surface area contributed by atoms with Crippen LogP contribution in [-0.2, 0) is 9.53 Å². The van der Waals surface area contributed by atoms with E-state index < -0.39 is 6.03 Å². The number of nitrogens with zero attached hydrogens (tertiary/aromatic N) is 3. The molecule has 3 N–H and O–H groups in total. The minimum Gasteiger partial charge on any atom is -0.495 e. The van der Waals surface area contributed by atoms with Crippen molar-refractivity contribution in [1.82, 2.24) is 25.5 Å². The van der Waals surface area contributed by atoms with Gasteiger partial charge in [-0.25, -0.2) is 9.78 Å². The Morgan fingerprint density at radius 3 is 2.71 bits per heavy atom. The Hall–Kier alpha value is -3.20. The monoisotopic (exact) mass is 386 g/mol. The zero-order valence-corrected chi connectivity index (χ0v) is 16.4. The standard InChI is InChI=1S/C19H26N6O3/c1-25(2)11-5-8-22-18(26)14-6-4-7-15(16(12-14)28-3)23-19(27)24-17-13-20-9-10-21-17/h6-7,9-10,12-13H,4-5,8,11H2,1-3H3,(H,22,26)(H2,21,23,24,27). The van der Waals surface area contributed by atoms with E-state index in [1.165, 1.54) is 25.7 Å². The van der Waals surface area contributed by atoms with Crippen LogP contribution >= 0.6 is 0 Å². The molecule has 1 aliphatic rings. The minimum atomic E-state index is -0.480. The number of carbonyl (C=O) groups excluding carboxylic acids is 2. The minimum absolute atomic E-state index is 0.174. The number of anilines is 1. The Labute approximate surface area is 164 Å². The number of hydrogen-bond donors (Lipinski definition) is 3. The van der Waals surface area contributed by atoms with Gasteiger partial charge >= 0.3 is 6.03 Å². The quantitative estimate of drug-likeness (QED) is 0.583. The van der Waals surface area contributed by atoms with Gasteiger partial charge in [0.2, 0.25) is 0 Å². The van der Waals surface area contributed by atoms with Gasteiger partial charge in [0.25, 0.3) is 5.91 Å². The molecule has 1 aliphatic carbocycles. The molecule has 1 aromatic heterocycles. The number of amides is 3. The van der Waals surface area contributed by atoms with E-state index >= 15 is 0 Å². The lowest BCUT2D eigenvalue weighted by molar-refractivity contribution is -0.117. The van der Waals surface area contributed by atoms with Crippen molar-refractivity contribution in [3.63, 3.8) is 0 Å². The molecular weight excluding hydrogens is 360 g/mol. The summed E-state index contributed by atoms with van der Waals surface area (Å²) in [7, 11) is 5.47. The molecule has 9 nitrogen and oxygen atoms in total. The topological polar surface area (TPSA) is 108 Å². The first-order valence-corrected chi connectivity index (χ1v) is 8.93. The first-order chi connectivity index (χ1) is 13.5. The molecule has 150 valence electrons. The average Bonchev–Trinajstić information content (AvgIpc) is 2.87. The molecule has 0 aliphatic heterocycles. The van der Waals surface area contributed by atoms with Crippen LogP contribution in [0.3, 0.4) is 0 Å². The van der Waals surface area contributed by atoms with Crippen molar-refractivity contribution in [3.8, 4) is 0 Å². The molecule has 3 amide bonds. The van der Waals surface area contributed by atoms with E-state index in [0.717, 1.165) is 13.0 Å². The third kappa shape index (κ3) is 6.84. The molecule has 0 aromatic carbocycles. The average molecular weight is 386 g/mol. The van der Waals surface area contributed by atoms with Crippen LogP contribution in [0.25, 0.3) is 0 Å². The van der Waals surface area contributed by atoms with E-state index in [1.807, 2.05) is 14.1 Å². The van der Waals surface area contributed by atoms with Gasteiger partial charge in [0.1, 0.15) is 5.76 Å². The summed E-state index contributed by atoms with van der Waals surface area (Å²) in [6.07, 6.45) is 10.9. The summed E-state index contributed by atoms with van der Waals surface area (Å²) in [5.41, 5.74) is 0.958. The maximum Gasteiger partial charge on any atom is 0.324 e. The molecule has 0 saturated carbocycles. The normalized spacial score (nSPS) is 13.6. The van der Waals surface area contributed by atoms with E-state index in [4.69, 9.17) is 4.74 Å². The Morgan fingerprint density at radius 2 is 2.04 bits per heavy atom. The smallest absolute Gasteiger partial charge is 0.324 e. The molecule has 0 spiro atoms. The molecule has 0 radical (unpaired) electrons. The summed E-state index contributed by atoms with van der Waals surface area (Å²) in [4.78, 5) is 34.5. The van der Waals surface area contributed by atoms with Gasteiger partial charge in [0.15, 0.2) is 5.82 Å². The molecule has 1 heterocycles. The van der Waals surface area contributed by atoms with Gasteiger partial charge in [-0.05, 0) is 39.6 Å². The third-order valence-electron chi connectivity index (χ3n) is 3.81. The van der Waals surface area contributed by atoms with Crippen molar-refractivity contribution in [2.75, 3.05) is 39.6 Å². The van der Waals surface area contributed by atoms with Crippen molar-refractivity contribution in [1.29, 1.82) is 0 Å². The highest BCUT2D eigenvalue weighted by atomic mass is 16.5. The van der Waals surface area contributed by atoms with Gasteiger partial charge in [-0.15, -0.1) is 0 Å². The maximum absolute atomic E-state index is 12.4. The first kappa shape index (κ1) is 21.1. The Kier molecular flexibility index (Phi) is 8.16. The molecule has 9 heteroatoms. The van der Waals surface area contributed by atoms with Gasteiger partial charge in [-0.2, -0.15) is 0 Å². The zero-order valence-electron chi connectivity index (χ0n) is 16.4. The zero-order chi connectivity index (χ0) is 20.4. The molecule has 1 aromatic rings. The van der Waals surface area contributed by atoms with Gasteiger partial charge in [-0.1, -0.05) is 12.2 Å². The second kappa shape index (κ2) is 10.8. The Bertz CT molecular complexity index is 771. The molecule has 0 unspecified atom stereocenters. The van der Waals surface area contributed by atoms with E-state index in [2.05, 4.69) is 30.8 Å². The molecule has 0 saturated heterocycles. The number of urea groups is 1. The van der Waals surface area contributed by atoms with Crippen molar-refractivity contribution in [2.24, 2.45) is 0 Å². The van der Waals surface area contributed by atoms with Crippen LogP contribution in [0.1, 0.15) is 12.8 Å². The largest absolute Gasteiger partial charge is 0.495 e. The highest BCUT2D eigenvalue weighted by Crippen LogP contribution is 2.17. The van der Waals surface area contributed by atoms with Crippen LogP contribution in [-0.4, -0.2) is 61.1 Å². The summed E-state index contributed by atoms with van der Waals surface area (Å²) in [6, 6.07) is -0.480.